The minimum Gasteiger partial charge on any atom is -0.387 e. The van der Waals surface area contributed by atoms with E-state index in [0.29, 0.717) is 6.54 Å². The highest BCUT2D eigenvalue weighted by molar-refractivity contribution is 5.15. The van der Waals surface area contributed by atoms with Crippen LogP contribution in [0.1, 0.15) is 45.4 Å². The van der Waals surface area contributed by atoms with Gasteiger partial charge in [0.05, 0.1) is 17.1 Å². The van der Waals surface area contributed by atoms with E-state index in [1.54, 1.807) is 0 Å². The number of hydrogen-bond donors (Lipinski definition) is 2. The zero-order valence-corrected chi connectivity index (χ0v) is 10.1. The first kappa shape index (κ1) is 11.9. The summed E-state index contributed by atoms with van der Waals surface area (Å²) in [6.07, 6.45) is 5.90. The fourth-order valence-electron chi connectivity index (χ4n) is 3.35. The van der Waals surface area contributed by atoms with Crippen LogP contribution in [0.3, 0.4) is 0 Å². The Kier molecular flexibility index (Phi) is 3.23. The lowest BCUT2D eigenvalue weighted by Crippen LogP contribution is -2.51. The van der Waals surface area contributed by atoms with Gasteiger partial charge in [-0.2, -0.15) is 5.26 Å². The van der Waals surface area contributed by atoms with Gasteiger partial charge in [-0.05, 0) is 44.6 Å². The molecule has 90 valence electrons. The second kappa shape index (κ2) is 4.35. The molecule has 1 aliphatic heterocycles. The third-order valence-electron chi connectivity index (χ3n) is 4.77. The van der Waals surface area contributed by atoms with Crippen LogP contribution >= 0.6 is 0 Å². The molecular weight excluding hydrogens is 200 g/mol. The van der Waals surface area contributed by atoms with Crippen molar-refractivity contribution in [2.75, 3.05) is 13.1 Å². The normalized spacial score (nSPS) is 44.2. The van der Waals surface area contributed by atoms with Gasteiger partial charge in [0.15, 0.2) is 0 Å². The van der Waals surface area contributed by atoms with Crippen LogP contribution < -0.4 is 5.32 Å². The SMILES string of the molecule is CCC1CCC(C#N)(C2(O)CCNC2)CC1. The minimum atomic E-state index is -0.777. The molecule has 2 aliphatic rings. The zero-order valence-electron chi connectivity index (χ0n) is 10.1. The van der Waals surface area contributed by atoms with Crippen molar-refractivity contribution < 1.29 is 5.11 Å². The maximum Gasteiger partial charge on any atom is 0.0968 e. The van der Waals surface area contributed by atoms with E-state index in [1.165, 1.54) is 6.42 Å². The van der Waals surface area contributed by atoms with Gasteiger partial charge in [-0.15, -0.1) is 0 Å². The molecule has 1 saturated heterocycles. The second-order valence-corrected chi connectivity index (χ2v) is 5.50. The van der Waals surface area contributed by atoms with E-state index in [0.717, 1.165) is 44.6 Å². The van der Waals surface area contributed by atoms with Gasteiger partial charge >= 0.3 is 0 Å². The molecule has 0 aromatic carbocycles. The van der Waals surface area contributed by atoms with E-state index in [-0.39, 0.29) is 0 Å². The zero-order chi connectivity index (χ0) is 11.6. The quantitative estimate of drug-likeness (QED) is 0.749. The number of nitrogens with one attached hydrogen (secondary N) is 1. The predicted octanol–water partition coefficient (Wildman–Crippen LogP) is 1.82. The summed E-state index contributed by atoms with van der Waals surface area (Å²) < 4.78 is 0. The Morgan fingerprint density at radius 3 is 2.50 bits per heavy atom. The van der Waals surface area contributed by atoms with Gasteiger partial charge in [-0.25, -0.2) is 0 Å². The molecule has 0 spiro atoms. The summed E-state index contributed by atoms with van der Waals surface area (Å²) in [5.41, 5.74) is -1.26. The Bertz CT molecular complexity index is 281. The van der Waals surface area contributed by atoms with Crippen LogP contribution in [0.15, 0.2) is 0 Å². The standard InChI is InChI=1S/C13H22N2O/c1-2-11-3-5-12(9-14,6-4-11)13(16)7-8-15-10-13/h11,15-16H,2-8,10H2,1H3. The fourth-order valence-corrected chi connectivity index (χ4v) is 3.35. The first-order chi connectivity index (χ1) is 7.66. The van der Waals surface area contributed by atoms with Crippen molar-refractivity contribution in [3.8, 4) is 6.07 Å². The molecule has 3 heteroatoms. The average Bonchev–Trinajstić information content (AvgIpc) is 2.78. The van der Waals surface area contributed by atoms with Gasteiger partial charge < -0.3 is 10.4 Å². The molecule has 16 heavy (non-hydrogen) atoms. The summed E-state index contributed by atoms with van der Waals surface area (Å²) in [5, 5.41) is 23.3. The molecule has 1 heterocycles. The van der Waals surface area contributed by atoms with Crippen LogP contribution in [-0.2, 0) is 0 Å². The van der Waals surface area contributed by atoms with Crippen LogP contribution in [-0.4, -0.2) is 23.8 Å². The molecule has 2 N–H and O–H groups in total. The summed E-state index contributed by atoms with van der Waals surface area (Å²) in [7, 11) is 0. The molecule has 0 aromatic heterocycles. The Hall–Kier alpha value is -0.590. The Balaban J connectivity index is 2.13. The number of nitriles is 1. The van der Waals surface area contributed by atoms with Gasteiger partial charge in [-0.3, -0.25) is 0 Å². The molecule has 1 saturated carbocycles. The van der Waals surface area contributed by atoms with Gasteiger partial charge in [0.2, 0.25) is 0 Å². The lowest BCUT2D eigenvalue weighted by molar-refractivity contribution is -0.0623. The molecule has 1 atom stereocenters. The van der Waals surface area contributed by atoms with Crippen molar-refractivity contribution in [3.05, 3.63) is 0 Å². The van der Waals surface area contributed by atoms with Crippen molar-refractivity contribution in [2.24, 2.45) is 11.3 Å². The van der Waals surface area contributed by atoms with Crippen molar-refractivity contribution in [1.29, 1.82) is 5.26 Å². The largest absolute Gasteiger partial charge is 0.387 e. The summed E-state index contributed by atoms with van der Waals surface area (Å²) in [6, 6.07) is 2.45. The van der Waals surface area contributed by atoms with Crippen LogP contribution in [0.5, 0.6) is 0 Å². The molecule has 0 amide bonds. The Labute approximate surface area is 97.8 Å². The van der Waals surface area contributed by atoms with Gasteiger partial charge in [0.1, 0.15) is 0 Å². The van der Waals surface area contributed by atoms with E-state index in [1.807, 2.05) is 0 Å². The predicted molar refractivity (Wildman–Crippen MR) is 62.7 cm³/mol. The van der Waals surface area contributed by atoms with Crippen molar-refractivity contribution in [2.45, 2.75) is 51.0 Å². The third kappa shape index (κ3) is 1.74. The van der Waals surface area contributed by atoms with Crippen LogP contribution in [0.4, 0.5) is 0 Å². The number of β-amino-alcohol motifs (C(OH)–C–C–N with tert-alkyl or cyclic N) is 1. The molecule has 1 aliphatic carbocycles. The minimum absolute atomic E-state index is 0.484. The van der Waals surface area contributed by atoms with Crippen molar-refractivity contribution in [3.63, 3.8) is 0 Å². The third-order valence-corrected chi connectivity index (χ3v) is 4.77. The summed E-state index contributed by atoms with van der Waals surface area (Å²) >= 11 is 0. The maximum atomic E-state index is 10.6. The first-order valence-electron chi connectivity index (χ1n) is 6.50. The lowest BCUT2D eigenvalue weighted by atomic mass is 9.61. The second-order valence-electron chi connectivity index (χ2n) is 5.50. The van der Waals surface area contributed by atoms with E-state index in [4.69, 9.17) is 0 Å². The number of nitrogens with zero attached hydrogens (tertiary/aromatic N) is 1. The average molecular weight is 222 g/mol. The maximum absolute atomic E-state index is 10.6. The molecule has 2 rings (SSSR count). The van der Waals surface area contributed by atoms with E-state index >= 15 is 0 Å². The smallest absolute Gasteiger partial charge is 0.0968 e. The number of hydrogen-bond acceptors (Lipinski definition) is 3. The lowest BCUT2D eigenvalue weighted by Gasteiger charge is -2.44. The Morgan fingerprint density at radius 2 is 2.06 bits per heavy atom. The summed E-state index contributed by atoms with van der Waals surface area (Å²) in [5.74, 6) is 0.763. The molecule has 0 radical (unpaired) electrons. The van der Waals surface area contributed by atoms with E-state index in [2.05, 4.69) is 18.3 Å². The highest BCUT2D eigenvalue weighted by Crippen LogP contribution is 2.48. The summed E-state index contributed by atoms with van der Waals surface area (Å²) in [4.78, 5) is 0. The fraction of sp³-hybridized carbons (Fsp3) is 0.923. The van der Waals surface area contributed by atoms with Crippen LogP contribution in [0, 0.1) is 22.7 Å². The van der Waals surface area contributed by atoms with Crippen molar-refractivity contribution >= 4 is 0 Å². The highest BCUT2D eigenvalue weighted by Gasteiger charge is 2.53. The van der Waals surface area contributed by atoms with Crippen LogP contribution in [0.25, 0.3) is 0 Å². The Morgan fingerprint density at radius 1 is 1.38 bits per heavy atom. The molecule has 0 bridgehead atoms. The van der Waals surface area contributed by atoms with Crippen molar-refractivity contribution in [1.82, 2.24) is 5.32 Å². The van der Waals surface area contributed by atoms with Gasteiger partial charge in [-0.1, -0.05) is 13.3 Å². The van der Waals surface area contributed by atoms with E-state index in [9.17, 15) is 10.4 Å². The first-order valence-corrected chi connectivity index (χ1v) is 6.50. The number of aliphatic hydroxyl groups is 1. The monoisotopic (exact) mass is 222 g/mol. The molecule has 1 unspecified atom stereocenters. The van der Waals surface area contributed by atoms with Gasteiger partial charge in [0, 0.05) is 6.54 Å². The van der Waals surface area contributed by atoms with Gasteiger partial charge in [0.25, 0.3) is 0 Å². The van der Waals surface area contributed by atoms with Crippen LogP contribution in [0.2, 0.25) is 0 Å². The topological polar surface area (TPSA) is 56.0 Å². The van der Waals surface area contributed by atoms with E-state index < -0.39 is 11.0 Å². The highest BCUT2D eigenvalue weighted by atomic mass is 16.3. The molecule has 2 fully saturated rings. The molecule has 0 aromatic rings. The molecule has 3 nitrogen and oxygen atoms in total. The molecular formula is C13H22N2O. The number of rotatable bonds is 2. The summed E-state index contributed by atoms with van der Waals surface area (Å²) in [6.45, 7) is 3.66.